The van der Waals surface area contributed by atoms with E-state index in [0.717, 1.165) is 13.0 Å². The monoisotopic (exact) mass is 281 g/mol. The van der Waals surface area contributed by atoms with E-state index in [9.17, 15) is 17.6 Å². The van der Waals surface area contributed by atoms with Gasteiger partial charge in [-0.05, 0) is 25.1 Å². The van der Waals surface area contributed by atoms with Gasteiger partial charge in [0, 0.05) is 11.1 Å². The molecule has 2 nitrogen and oxygen atoms in total. The standard InChI is InChI=1S/C11H11F4NOS/c1-6(11(13,14)15)17-5-8-4-7(10(16)18)2-3-9(8)12/h2-4,6H,5H2,1H3,(H2,16,18). The quantitative estimate of drug-likeness (QED) is 0.681. The molecule has 2 N–H and O–H groups in total. The number of thiocarbonyl (C=S) groups is 1. The van der Waals surface area contributed by atoms with Crippen LogP contribution in [0, 0.1) is 5.82 Å². The van der Waals surface area contributed by atoms with Gasteiger partial charge in [0.05, 0.1) is 6.61 Å². The van der Waals surface area contributed by atoms with Crippen molar-refractivity contribution < 1.29 is 22.3 Å². The maximum atomic E-state index is 13.3. The Morgan fingerprint density at radius 3 is 2.56 bits per heavy atom. The summed E-state index contributed by atoms with van der Waals surface area (Å²) in [5, 5.41) is 0. The Morgan fingerprint density at radius 2 is 2.06 bits per heavy atom. The molecule has 0 aromatic heterocycles. The summed E-state index contributed by atoms with van der Waals surface area (Å²) in [5.41, 5.74) is 5.71. The fraction of sp³-hybridized carbons (Fsp3) is 0.364. The molecule has 0 aliphatic heterocycles. The van der Waals surface area contributed by atoms with Gasteiger partial charge in [0.2, 0.25) is 0 Å². The molecule has 0 saturated carbocycles. The summed E-state index contributed by atoms with van der Waals surface area (Å²) in [7, 11) is 0. The van der Waals surface area contributed by atoms with E-state index in [4.69, 9.17) is 18.0 Å². The Balaban J connectivity index is 2.78. The number of benzene rings is 1. The molecule has 0 aliphatic rings. The Labute approximate surface area is 107 Å². The maximum Gasteiger partial charge on any atom is 0.414 e. The summed E-state index contributed by atoms with van der Waals surface area (Å²) in [6.07, 6.45) is -6.44. The van der Waals surface area contributed by atoms with Gasteiger partial charge in [0.15, 0.2) is 6.10 Å². The molecule has 0 saturated heterocycles. The Morgan fingerprint density at radius 1 is 1.44 bits per heavy atom. The van der Waals surface area contributed by atoms with Crippen LogP contribution in [0.15, 0.2) is 18.2 Å². The molecule has 0 heterocycles. The van der Waals surface area contributed by atoms with Crippen LogP contribution in [-0.4, -0.2) is 17.3 Å². The molecule has 0 fully saturated rings. The molecule has 100 valence electrons. The van der Waals surface area contributed by atoms with Crippen molar-refractivity contribution in [2.75, 3.05) is 0 Å². The van der Waals surface area contributed by atoms with Crippen molar-refractivity contribution in [1.29, 1.82) is 0 Å². The molecular formula is C11H11F4NOS. The van der Waals surface area contributed by atoms with Crippen LogP contribution >= 0.6 is 12.2 Å². The van der Waals surface area contributed by atoms with Crippen LogP contribution in [0.5, 0.6) is 0 Å². The average molecular weight is 281 g/mol. The van der Waals surface area contributed by atoms with Gasteiger partial charge in [-0.3, -0.25) is 0 Å². The minimum absolute atomic E-state index is 0.0172. The van der Waals surface area contributed by atoms with E-state index in [-0.39, 0.29) is 10.6 Å². The zero-order valence-electron chi connectivity index (χ0n) is 9.42. The van der Waals surface area contributed by atoms with E-state index in [0.29, 0.717) is 5.56 Å². The van der Waals surface area contributed by atoms with E-state index in [1.807, 2.05) is 0 Å². The molecule has 0 spiro atoms. The number of halogens is 4. The third-order valence-corrected chi connectivity index (χ3v) is 2.52. The summed E-state index contributed by atoms with van der Waals surface area (Å²) in [4.78, 5) is 0.0418. The molecule has 18 heavy (non-hydrogen) atoms. The van der Waals surface area contributed by atoms with Gasteiger partial charge in [-0.25, -0.2) is 4.39 Å². The lowest BCUT2D eigenvalue weighted by Gasteiger charge is -2.16. The first-order chi connectivity index (χ1) is 8.21. The molecular weight excluding hydrogens is 270 g/mol. The highest BCUT2D eigenvalue weighted by Crippen LogP contribution is 2.23. The van der Waals surface area contributed by atoms with Crippen molar-refractivity contribution in [3.8, 4) is 0 Å². The van der Waals surface area contributed by atoms with Crippen LogP contribution in [0.25, 0.3) is 0 Å². The van der Waals surface area contributed by atoms with Crippen molar-refractivity contribution in [2.45, 2.75) is 25.8 Å². The Kier molecular flexibility index (Phi) is 4.64. The van der Waals surface area contributed by atoms with E-state index < -0.39 is 24.7 Å². The molecule has 1 aromatic carbocycles. The second kappa shape index (κ2) is 5.62. The molecule has 0 radical (unpaired) electrons. The van der Waals surface area contributed by atoms with Crippen LogP contribution in [-0.2, 0) is 11.3 Å². The van der Waals surface area contributed by atoms with Crippen molar-refractivity contribution >= 4 is 17.2 Å². The first-order valence-corrected chi connectivity index (χ1v) is 5.39. The van der Waals surface area contributed by atoms with E-state index in [1.54, 1.807) is 0 Å². The predicted molar refractivity (Wildman–Crippen MR) is 62.6 cm³/mol. The summed E-state index contributed by atoms with van der Waals surface area (Å²) in [5.74, 6) is -0.663. The topological polar surface area (TPSA) is 35.2 Å². The highest BCUT2D eigenvalue weighted by Gasteiger charge is 2.36. The van der Waals surface area contributed by atoms with Crippen LogP contribution in [0.2, 0.25) is 0 Å². The SMILES string of the molecule is CC(OCc1cc(C(N)=S)ccc1F)C(F)(F)F. The number of hydrogen-bond donors (Lipinski definition) is 1. The van der Waals surface area contributed by atoms with E-state index in [2.05, 4.69) is 4.74 Å². The first-order valence-electron chi connectivity index (χ1n) is 4.98. The minimum atomic E-state index is -4.47. The minimum Gasteiger partial charge on any atom is -0.389 e. The van der Waals surface area contributed by atoms with Crippen molar-refractivity contribution in [3.05, 3.63) is 35.1 Å². The number of ether oxygens (including phenoxy) is 1. The highest BCUT2D eigenvalue weighted by molar-refractivity contribution is 7.80. The molecule has 0 aliphatic carbocycles. The second-order valence-electron chi connectivity index (χ2n) is 3.67. The van der Waals surface area contributed by atoms with Gasteiger partial charge >= 0.3 is 6.18 Å². The molecule has 1 unspecified atom stereocenters. The fourth-order valence-electron chi connectivity index (χ4n) is 1.15. The second-order valence-corrected chi connectivity index (χ2v) is 4.11. The molecule has 1 atom stereocenters. The molecule has 1 rings (SSSR count). The highest BCUT2D eigenvalue weighted by atomic mass is 32.1. The van der Waals surface area contributed by atoms with Crippen LogP contribution in [0.3, 0.4) is 0 Å². The van der Waals surface area contributed by atoms with Crippen molar-refractivity contribution in [2.24, 2.45) is 5.73 Å². The zero-order valence-corrected chi connectivity index (χ0v) is 10.2. The largest absolute Gasteiger partial charge is 0.414 e. The third kappa shape index (κ3) is 3.92. The predicted octanol–water partition coefficient (Wildman–Crippen LogP) is 2.93. The van der Waals surface area contributed by atoms with Crippen molar-refractivity contribution in [3.63, 3.8) is 0 Å². The van der Waals surface area contributed by atoms with Crippen molar-refractivity contribution in [1.82, 2.24) is 0 Å². The number of nitrogens with two attached hydrogens (primary N) is 1. The lowest BCUT2D eigenvalue weighted by atomic mass is 10.1. The molecule has 0 amide bonds. The van der Waals surface area contributed by atoms with Gasteiger partial charge in [0.25, 0.3) is 0 Å². The number of rotatable bonds is 4. The van der Waals surface area contributed by atoms with Gasteiger partial charge in [0.1, 0.15) is 10.8 Å². The Hall–Kier alpha value is -1.21. The normalized spacial score (nSPS) is 13.4. The summed E-state index contributed by atoms with van der Waals surface area (Å²) < 4.78 is 54.5. The van der Waals surface area contributed by atoms with Gasteiger partial charge in [-0.1, -0.05) is 12.2 Å². The summed E-state index contributed by atoms with van der Waals surface area (Å²) in [6.45, 7) is 0.359. The molecule has 0 bridgehead atoms. The number of hydrogen-bond acceptors (Lipinski definition) is 2. The van der Waals surface area contributed by atoms with E-state index in [1.165, 1.54) is 12.1 Å². The fourth-order valence-corrected chi connectivity index (χ4v) is 1.27. The maximum absolute atomic E-state index is 13.3. The van der Waals surface area contributed by atoms with E-state index >= 15 is 0 Å². The molecule has 1 aromatic rings. The lowest BCUT2D eigenvalue weighted by Crippen LogP contribution is -2.28. The lowest BCUT2D eigenvalue weighted by molar-refractivity contribution is -0.217. The van der Waals surface area contributed by atoms with Crippen LogP contribution in [0.1, 0.15) is 18.1 Å². The third-order valence-electron chi connectivity index (χ3n) is 2.28. The zero-order chi connectivity index (χ0) is 13.9. The smallest absolute Gasteiger partial charge is 0.389 e. The van der Waals surface area contributed by atoms with Gasteiger partial charge in [-0.2, -0.15) is 13.2 Å². The van der Waals surface area contributed by atoms with Crippen LogP contribution in [0.4, 0.5) is 17.6 Å². The average Bonchev–Trinajstić information content (AvgIpc) is 2.25. The summed E-state index contributed by atoms with van der Waals surface area (Å²) >= 11 is 4.69. The summed E-state index contributed by atoms with van der Waals surface area (Å²) in [6, 6.07) is 3.72. The molecule has 7 heteroatoms. The van der Waals surface area contributed by atoms with Gasteiger partial charge < -0.3 is 10.5 Å². The first kappa shape index (κ1) is 14.8. The number of alkyl halides is 3. The van der Waals surface area contributed by atoms with Gasteiger partial charge in [-0.15, -0.1) is 0 Å². The Bertz CT molecular complexity index is 447. The van der Waals surface area contributed by atoms with Crippen LogP contribution < -0.4 is 5.73 Å².